The number of rotatable bonds is 7. The molecule has 0 fully saturated rings. The molecule has 5 nitrogen and oxygen atoms in total. The molecule has 1 atom stereocenters. The number of likely N-dealkylation sites (N-methyl/N-ethyl adjacent to an activating group) is 1. The highest BCUT2D eigenvalue weighted by Gasteiger charge is 2.09. The molecule has 1 amide bonds. The largest absolute Gasteiger partial charge is 0.357 e. The molecule has 0 aliphatic heterocycles. The number of hydrogen-bond donors (Lipinski definition) is 2. The van der Waals surface area contributed by atoms with Crippen molar-refractivity contribution in [3.63, 3.8) is 0 Å². The molecule has 0 aliphatic rings. The zero-order valence-corrected chi connectivity index (χ0v) is 18.6. The Labute approximate surface area is 169 Å². The van der Waals surface area contributed by atoms with Gasteiger partial charge < -0.3 is 15.5 Å². The highest BCUT2D eigenvalue weighted by molar-refractivity contribution is 14.0. The second kappa shape index (κ2) is 12.1. The number of halogens is 1. The summed E-state index contributed by atoms with van der Waals surface area (Å²) in [7, 11) is 3.47. The van der Waals surface area contributed by atoms with Gasteiger partial charge in [-0.1, -0.05) is 38.1 Å². The Hall–Kier alpha value is -1.31. The van der Waals surface area contributed by atoms with E-state index in [0.717, 1.165) is 13.0 Å². The van der Waals surface area contributed by atoms with Crippen LogP contribution in [0.3, 0.4) is 0 Å². The lowest BCUT2D eigenvalue weighted by molar-refractivity contribution is -0.127. The fourth-order valence-corrected chi connectivity index (χ4v) is 2.31. The Morgan fingerprint density at radius 2 is 1.76 bits per heavy atom. The second-order valence-electron chi connectivity index (χ2n) is 6.69. The number of benzene rings is 1. The van der Waals surface area contributed by atoms with E-state index in [-0.39, 0.29) is 42.5 Å². The predicted octanol–water partition coefficient (Wildman–Crippen LogP) is 3.21. The van der Waals surface area contributed by atoms with E-state index in [2.05, 4.69) is 60.7 Å². The van der Waals surface area contributed by atoms with Crippen molar-refractivity contribution in [1.82, 2.24) is 15.5 Å². The van der Waals surface area contributed by atoms with E-state index in [1.807, 2.05) is 6.92 Å². The molecule has 1 rings (SSSR count). The minimum Gasteiger partial charge on any atom is -0.357 e. The van der Waals surface area contributed by atoms with Crippen LogP contribution in [0.25, 0.3) is 0 Å². The average Bonchev–Trinajstić information content (AvgIpc) is 2.52. The normalized spacial score (nSPS) is 12.4. The maximum Gasteiger partial charge on any atom is 0.243 e. The molecule has 0 saturated carbocycles. The van der Waals surface area contributed by atoms with Crippen molar-refractivity contribution in [3.05, 3.63) is 35.4 Å². The van der Waals surface area contributed by atoms with Gasteiger partial charge in [0.25, 0.3) is 0 Å². The van der Waals surface area contributed by atoms with E-state index in [0.29, 0.717) is 11.9 Å². The highest BCUT2D eigenvalue weighted by atomic mass is 127. The third-order valence-corrected chi connectivity index (χ3v) is 3.69. The molecule has 0 bridgehead atoms. The maximum atomic E-state index is 11.7. The molecule has 0 aromatic heterocycles. The van der Waals surface area contributed by atoms with Gasteiger partial charge in [-0.3, -0.25) is 4.79 Å². The van der Waals surface area contributed by atoms with Crippen LogP contribution in [0.5, 0.6) is 0 Å². The summed E-state index contributed by atoms with van der Waals surface area (Å²) >= 11 is 0. The zero-order valence-electron chi connectivity index (χ0n) is 16.3. The first kappa shape index (κ1) is 23.7. The van der Waals surface area contributed by atoms with Crippen LogP contribution in [0.4, 0.5) is 0 Å². The third-order valence-electron chi connectivity index (χ3n) is 3.69. The Morgan fingerprint density at radius 3 is 2.24 bits per heavy atom. The Kier molecular flexibility index (Phi) is 11.5. The molecule has 0 spiro atoms. The van der Waals surface area contributed by atoms with Crippen molar-refractivity contribution in [2.75, 3.05) is 27.2 Å². The summed E-state index contributed by atoms with van der Waals surface area (Å²) in [5, 5.41) is 6.54. The van der Waals surface area contributed by atoms with E-state index in [9.17, 15) is 4.79 Å². The van der Waals surface area contributed by atoms with E-state index in [1.165, 1.54) is 11.1 Å². The van der Waals surface area contributed by atoms with E-state index in [4.69, 9.17) is 0 Å². The first-order valence-corrected chi connectivity index (χ1v) is 8.67. The predicted molar refractivity (Wildman–Crippen MR) is 117 cm³/mol. The van der Waals surface area contributed by atoms with Crippen LogP contribution < -0.4 is 10.6 Å². The summed E-state index contributed by atoms with van der Waals surface area (Å²) in [6.07, 6.45) is 1.10. The molecule has 2 N–H and O–H groups in total. The molecule has 1 aromatic carbocycles. The SMILES string of the molecule is CCNC(=NCC(=O)N(C)C)NC(C)c1ccc(CC(C)C)cc1.I. The van der Waals surface area contributed by atoms with Crippen LogP contribution in [-0.4, -0.2) is 44.0 Å². The van der Waals surface area contributed by atoms with Crippen LogP contribution in [0.15, 0.2) is 29.3 Å². The zero-order chi connectivity index (χ0) is 18.1. The molecular formula is C19H33IN4O. The van der Waals surface area contributed by atoms with Crippen LogP contribution in [-0.2, 0) is 11.2 Å². The molecule has 1 unspecified atom stereocenters. The Bertz CT molecular complexity index is 541. The van der Waals surface area contributed by atoms with Gasteiger partial charge in [-0.15, -0.1) is 24.0 Å². The number of aliphatic imine (C=N–C) groups is 1. The van der Waals surface area contributed by atoms with Gasteiger partial charge in [0.2, 0.25) is 5.91 Å². The molecule has 0 aliphatic carbocycles. The van der Waals surface area contributed by atoms with Gasteiger partial charge in [0.15, 0.2) is 5.96 Å². The van der Waals surface area contributed by atoms with Crippen LogP contribution in [0, 0.1) is 5.92 Å². The van der Waals surface area contributed by atoms with Gasteiger partial charge in [0, 0.05) is 20.6 Å². The van der Waals surface area contributed by atoms with Crippen molar-refractivity contribution in [1.29, 1.82) is 0 Å². The number of hydrogen-bond acceptors (Lipinski definition) is 2. The molecule has 142 valence electrons. The van der Waals surface area contributed by atoms with Gasteiger partial charge in [-0.25, -0.2) is 4.99 Å². The van der Waals surface area contributed by atoms with Gasteiger partial charge in [-0.05, 0) is 37.3 Å². The van der Waals surface area contributed by atoms with Crippen molar-refractivity contribution in [2.24, 2.45) is 10.9 Å². The minimum absolute atomic E-state index is 0. The van der Waals surface area contributed by atoms with E-state index < -0.39 is 0 Å². The van der Waals surface area contributed by atoms with Crippen molar-refractivity contribution < 1.29 is 4.79 Å². The molecule has 6 heteroatoms. The lowest BCUT2D eigenvalue weighted by Gasteiger charge is -2.19. The Morgan fingerprint density at radius 1 is 1.16 bits per heavy atom. The van der Waals surface area contributed by atoms with E-state index >= 15 is 0 Å². The molecule has 1 aromatic rings. The molecular weight excluding hydrogens is 427 g/mol. The van der Waals surface area contributed by atoms with Gasteiger partial charge in [0.05, 0.1) is 6.04 Å². The lowest BCUT2D eigenvalue weighted by atomic mass is 10.00. The fourth-order valence-electron chi connectivity index (χ4n) is 2.31. The summed E-state index contributed by atoms with van der Waals surface area (Å²) in [6, 6.07) is 8.80. The average molecular weight is 460 g/mol. The standard InChI is InChI=1S/C19H32N4O.HI/c1-7-20-19(21-13-18(24)23(5)6)22-15(4)17-10-8-16(9-11-17)12-14(2)3;/h8-11,14-15H,7,12-13H2,1-6H3,(H2,20,21,22);1H. The van der Waals surface area contributed by atoms with Crippen LogP contribution in [0.1, 0.15) is 44.9 Å². The van der Waals surface area contributed by atoms with Crippen molar-refractivity contribution in [3.8, 4) is 0 Å². The van der Waals surface area contributed by atoms with Crippen molar-refractivity contribution in [2.45, 2.75) is 40.2 Å². The summed E-state index contributed by atoms with van der Waals surface area (Å²) in [4.78, 5) is 17.6. The van der Waals surface area contributed by atoms with Crippen molar-refractivity contribution >= 4 is 35.8 Å². The number of nitrogens with one attached hydrogen (secondary N) is 2. The first-order valence-electron chi connectivity index (χ1n) is 8.67. The summed E-state index contributed by atoms with van der Waals surface area (Å²) in [6.45, 7) is 9.46. The quantitative estimate of drug-likeness (QED) is 0.373. The number of guanidine groups is 1. The maximum absolute atomic E-state index is 11.7. The highest BCUT2D eigenvalue weighted by Crippen LogP contribution is 2.15. The first-order chi connectivity index (χ1) is 11.3. The number of carbonyl (C=O) groups excluding carboxylic acids is 1. The van der Waals surface area contributed by atoms with Gasteiger partial charge in [0.1, 0.15) is 6.54 Å². The number of carbonyl (C=O) groups is 1. The number of nitrogens with zero attached hydrogens (tertiary/aromatic N) is 2. The van der Waals surface area contributed by atoms with Gasteiger partial charge >= 0.3 is 0 Å². The molecule has 0 radical (unpaired) electrons. The number of amides is 1. The monoisotopic (exact) mass is 460 g/mol. The smallest absolute Gasteiger partial charge is 0.243 e. The summed E-state index contributed by atoms with van der Waals surface area (Å²) in [5.41, 5.74) is 2.56. The topological polar surface area (TPSA) is 56.7 Å². The summed E-state index contributed by atoms with van der Waals surface area (Å²) in [5.74, 6) is 1.30. The third kappa shape index (κ3) is 9.09. The summed E-state index contributed by atoms with van der Waals surface area (Å²) < 4.78 is 0. The van der Waals surface area contributed by atoms with Gasteiger partial charge in [-0.2, -0.15) is 0 Å². The molecule has 25 heavy (non-hydrogen) atoms. The Balaban J connectivity index is 0.00000576. The lowest BCUT2D eigenvalue weighted by Crippen LogP contribution is -2.39. The van der Waals surface area contributed by atoms with Crippen LogP contribution in [0.2, 0.25) is 0 Å². The molecule has 0 heterocycles. The minimum atomic E-state index is -0.0158. The second-order valence-corrected chi connectivity index (χ2v) is 6.69. The van der Waals surface area contributed by atoms with E-state index in [1.54, 1.807) is 19.0 Å². The molecule has 0 saturated heterocycles. The van der Waals surface area contributed by atoms with Crippen LogP contribution >= 0.6 is 24.0 Å². The fraction of sp³-hybridized carbons (Fsp3) is 0.579.